The average molecular weight is 226 g/mol. The summed E-state index contributed by atoms with van der Waals surface area (Å²) in [6.45, 7) is 2.91. The first-order valence-corrected chi connectivity index (χ1v) is 5.08. The maximum Gasteiger partial charge on any atom is 0.218 e. The van der Waals surface area contributed by atoms with Crippen molar-refractivity contribution >= 4 is 23.1 Å². The molecule has 1 heterocycles. The smallest absolute Gasteiger partial charge is 0.218 e. The number of aromatic nitrogens is 2. The molecule has 6 heteroatoms. The van der Waals surface area contributed by atoms with Crippen molar-refractivity contribution < 1.29 is 4.74 Å². The number of ether oxygens (including phenoxy) is 1. The van der Waals surface area contributed by atoms with Gasteiger partial charge in [0.15, 0.2) is 5.11 Å². The van der Waals surface area contributed by atoms with E-state index in [-0.39, 0.29) is 0 Å². The summed E-state index contributed by atoms with van der Waals surface area (Å²) in [7, 11) is 1.56. The molecule has 15 heavy (non-hydrogen) atoms. The molecule has 0 fully saturated rings. The van der Waals surface area contributed by atoms with Crippen molar-refractivity contribution in [1.29, 1.82) is 0 Å². The van der Waals surface area contributed by atoms with Gasteiger partial charge in [-0.3, -0.25) is 0 Å². The summed E-state index contributed by atoms with van der Waals surface area (Å²) >= 11 is 5.06. The second-order valence-electron chi connectivity index (χ2n) is 2.83. The number of methoxy groups -OCH3 is 1. The fraction of sp³-hybridized carbons (Fsp3) is 0.444. The Morgan fingerprint density at radius 1 is 1.53 bits per heavy atom. The number of thiocarbonyl (C=S) groups is 1. The summed E-state index contributed by atoms with van der Waals surface area (Å²) in [6, 6.07) is 1.68. The second-order valence-corrected chi connectivity index (χ2v) is 3.23. The molecule has 0 saturated carbocycles. The number of nitrogens with one attached hydrogen (secondary N) is 2. The van der Waals surface area contributed by atoms with Crippen LogP contribution in [0.2, 0.25) is 0 Å². The monoisotopic (exact) mass is 226 g/mol. The number of hydrogen-bond donors (Lipinski definition) is 2. The lowest BCUT2D eigenvalue weighted by atomic mass is 10.5. The van der Waals surface area contributed by atoms with E-state index in [1.54, 1.807) is 13.2 Å². The fourth-order valence-corrected chi connectivity index (χ4v) is 1.13. The third kappa shape index (κ3) is 4.07. The molecule has 1 aromatic rings. The van der Waals surface area contributed by atoms with Gasteiger partial charge in [-0.1, -0.05) is 6.92 Å². The largest absolute Gasteiger partial charge is 0.481 e. The molecule has 0 aliphatic carbocycles. The van der Waals surface area contributed by atoms with Crippen molar-refractivity contribution in [2.45, 2.75) is 13.3 Å². The van der Waals surface area contributed by atoms with E-state index in [2.05, 4.69) is 27.5 Å². The highest BCUT2D eigenvalue weighted by molar-refractivity contribution is 7.80. The second kappa shape index (κ2) is 6.13. The summed E-state index contributed by atoms with van der Waals surface area (Å²) in [5.74, 6) is 1.13. The van der Waals surface area contributed by atoms with Crippen molar-refractivity contribution in [3.8, 4) is 5.88 Å². The van der Waals surface area contributed by atoms with E-state index in [4.69, 9.17) is 17.0 Å². The molecule has 0 aliphatic heterocycles. The number of rotatable bonds is 4. The topological polar surface area (TPSA) is 59.1 Å². The van der Waals surface area contributed by atoms with E-state index >= 15 is 0 Å². The van der Waals surface area contributed by atoms with Gasteiger partial charge in [0.25, 0.3) is 0 Å². The lowest BCUT2D eigenvalue weighted by molar-refractivity contribution is 0.397. The Labute approximate surface area is 94.3 Å². The molecule has 0 atom stereocenters. The minimum atomic E-state index is 0.505. The van der Waals surface area contributed by atoms with Crippen LogP contribution in [0.1, 0.15) is 13.3 Å². The normalized spacial score (nSPS) is 9.47. The van der Waals surface area contributed by atoms with E-state index in [0.717, 1.165) is 13.0 Å². The molecule has 0 spiro atoms. The van der Waals surface area contributed by atoms with Gasteiger partial charge in [0.1, 0.15) is 12.1 Å². The van der Waals surface area contributed by atoms with Gasteiger partial charge in [-0.2, -0.15) is 0 Å². The van der Waals surface area contributed by atoms with Gasteiger partial charge in [-0.25, -0.2) is 9.97 Å². The van der Waals surface area contributed by atoms with Gasteiger partial charge in [-0.05, 0) is 18.6 Å². The van der Waals surface area contributed by atoms with Crippen molar-refractivity contribution in [3.63, 3.8) is 0 Å². The molecule has 5 nitrogen and oxygen atoms in total. The van der Waals surface area contributed by atoms with Crippen LogP contribution in [-0.2, 0) is 0 Å². The Kier molecular flexibility index (Phi) is 4.76. The van der Waals surface area contributed by atoms with Crippen LogP contribution < -0.4 is 15.4 Å². The maximum atomic E-state index is 5.06. The van der Waals surface area contributed by atoms with E-state index in [1.165, 1.54) is 6.33 Å². The molecule has 2 N–H and O–H groups in total. The Morgan fingerprint density at radius 3 is 3.00 bits per heavy atom. The zero-order chi connectivity index (χ0) is 11.1. The molecule has 1 aromatic heterocycles. The van der Waals surface area contributed by atoms with Gasteiger partial charge in [0.2, 0.25) is 5.88 Å². The van der Waals surface area contributed by atoms with Crippen LogP contribution in [0, 0.1) is 0 Å². The van der Waals surface area contributed by atoms with Crippen LogP contribution in [0.5, 0.6) is 5.88 Å². The number of anilines is 1. The van der Waals surface area contributed by atoms with Gasteiger partial charge >= 0.3 is 0 Å². The van der Waals surface area contributed by atoms with Crippen LogP contribution in [0.4, 0.5) is 5.82 Å². The zero-order valence-electron chi connectivity index (χ0n) is 8.78. The third-order valence-electron chi connectivity index (χ3n) is 1.63. The Balaban J connectivity index is 2.52. The number of nitrogens with zero attached hydrogens (tertiary/aromatic N) is 2. The molecular formula is C9H14N4OS. The average Bonchev–Trinajstić information content (AvgIpc) is 2.26. The van der Waals surface area contributed by atoms with Gasteiger partial charge in [0, 0.05) is 12.6 Å². The van der Waals surface area contributed by atoms with Gasteiger partial charge < -0.3 is 15.4 Å². The molecule has 82 valence electrons. The maximum absolute atomic E-state index is 5.06. The van der Waals surface area contributed by atoms with Crippen LogP contribution in [-0.4, -0.2) is 28.7 Å². The lowest BCUT2D eigenvalue weighted by Crippen LogP contribution is -2.29. The molecule has 0 aromatic carbocycles. The third-order valence-corrected chi connectivity index (χ3v) is 1.87. The van der Waals surface area contributed by atoms with Crippen LogP contribution in [0.15, 0.2) is 12.4 Å². The van der Waals surface area contributed by atoms with Crippen LogP contribution in [0.3, 0.4) is 0 Å². The first-order valence-electron chi connectivity index (χ1n) is 4.67. The highest BCUT2D eigenvalue weighted by atomic mass is 32.1. The zero-order valence-corrected chi connectivity index (χ0v) is 9.60. The summed E-state index contributed by atoms with van der Waals surface area (Å²) in [5, 5.41) is 6.53. The molecule has 0 bridgehead atoms. The van der Waals surface area contributed by atoms with E-state index in [9.17, 15) is 0 Å². The Hall–Kier alpha value is -1.43. The van der Waals surface area contributed by atoms with E-state index in [0.29, 0.717) is 16.8 Å². The van der Waals surface area contributed by atoms with E-state index in [1.807, 2.05) is 0 Å². The molecule has 0 aliphatic rings. The van der Waals surface area contributed by atoms with Gasteiger partial charge in [-0.15, -0.1) is 0 Å². The molecule has 0 unspecified atom stereocenters. The summed E-state index contributed by atoms with van der Waals surface area (Å²) in [4.78, 5) is 7.90. The van der Waals surface area contributed by atoms with Crippen molar-refractivity contribution in [3.05, 3.63) is 12.4 Å². The molecule has 0 saturated heterocycles. The molecule has 0 radical (unpaired) electrons. The summed E-state index contributed by atoms with van der Waals surface area (Å²) < 4.78 is 4.96. The van der Waals surface area contributed by atoms with Crippen molar-refractivity contribution in [2.75, 3.05) is 19.0 Å². The van der Waals surface area contributed by atoms with E-state index < -0.39 is 0 Å². The Bertz CT molecular complexity index is 332. The number of hydrogen-bond acceptors (Lipinski definition) is 4. The molecule has 0 amide bonds. The molecule has 1 rings (SSSR count). The Morgan fingerprint density at radius 2 is 2.33 bits per heavy atom. The highest BCUT2D eigenvalue weighted by Crippen LogP contribution is 2.09. The van der Waals surface area contributed by atoms with Crippen LogP contribution in [0.25, 0.3) is 0 Å². The predicted octanol–water partition coefficient (Wildman–Crippen LogP) is 1.18. The summed E-state index contributed by atoms with van der Waals surface area (Å²) in [6.07, 6.45) is 2.44. The first-order chi connectivity index (χ1) is 7.26. The fourth-order valence-electron chi connectivity index (χ4n) is 0.918. The highest BCUT2D eigenvalue weighted by Gasteiger charge is 2.00. The first kappa shape index (κ1) is 11.6. The minimum Gasteiger partial charge on any atom is -0.481 e. The lowest BCUT2D eigenvalue weighted by Gasteiger charge is -2.08. The summed E-state index contributed by atoms with van der Waals surface area (Å²) in [5.41, 5.74) is 0. The quantitative estimate of drug-likeness (QED) is 0.752. The van der Waals surface area contributed by atoms with Crippen molar-refractivity contribution in [1.82, 2.24) is 15.3 Å². The minimum absolute atomic E-state index is 0.505. The van der Waals surface area contributed by atoms with Crippen molar-refractivity contribution in [2.24, 2.45) is 0 Å². The standard InChI is InChI=1S/C9H14N4OS/c1-3-4-10-9(15)13-7-5-8(14-2)12-6-11-7/h5-6H,3-4H2,1-2H3,(H2,10,11,12,13,15). The molecular weight excluding hydrogens is 212 g/mol. The SMILES string of the molecule is CCCNC(=S)Nc1cc(OC)ncn1. The predicted molar refractivity (Wildman–Crippen MR) is 63.1 cm³/mol. The van der Waals surface area contributed by atoms with Crippen LogP contribution >= 0.6 is 12.2 Å². The van der Waals surface area contributed by atoms with Gasteiger partial charge in [0.05, 0.1) is 7.11 Å².